The molecule has 0 aliphatic carbocycles. The lowest BCUT2D eigenvalue weighted by Crippen LogP contribution is -2.01. The van der Waals surface area contributed by atoms with E-state index in [0.717, 1.165) is 0 Å². The standard InChI is InChI=1S/C7H6N2O2/c1-2-5(3-8)6(4-9)7(10)11/h2H2,1H3,(H,10,11). The van der Waals surface area contributed by atoms with E-state index in [4.69, 9.17) is 15.6 Å². The average Bonchev–Trinajstić information content (AvgIpc) is 1.99. The highest BCUT2D eigenvalue weighted by Crippen LogP contribution is 2.06. The number of carbonyl (C=O) groups is 1. The van der Waals surface area contributed by atoms with Crippen molar-refractivity contribution in [1.29, 1.82) is 10.5 Å². The molecule has 0 rings (SSSR count). The predicted octanol–water partition coefficient (Wildman–Crippen LogP) is 0.825. The van der Waals surface area contributed by atoms with E-state index in [9.17, 15) is 4.79 Å². The number of carboxylic acid groups (broad SMARTS) is 1. The summed E-state index contributed by atoms with van der Waals surface area (Å²) in [7, 11) is 0. The summed E-state index contributed by atoms with van der Waals surface area (Å²) < 4.78 is 0. The summed E-state index contributed by atoms with van der Waals surface area (Å²) in [5.41, 5.74) is -0.449. The molecule has 0 aromatic rings. The van der Waals surface area contributed by atoms with Crippen LogP contribution in [0.15, 0.2) is 11.1 Å². The molecule has 0 bridgehead atoms. The summed E-state index contributed by atoms with van der Waals surface area (Å²) >= 11 is 0. The Morgan fingerprint density at radius 1 is 1.45 bits per heavy atom. The summed E-state index contributed by atoms with van der Waals surface area (Å²) in [4.78, 5) is 10.3. The van der Waals surface area contributed by atoms with E-state index in [1.165, 1.54) is 6.07 Å². The third-order valence-electron chi connectivity index (χ3n) is 1.12. The Morgan fingerprint density at radius 3 is 2.09 bits per heavy atom. The SMILES string of the molecule is CCC(C#N)=C(C#N)C(=O)O. The van der Waals surface area contributed by atoms with Gasteiger partial charge in [0.15, 0.2) is 5.57 Å². The summed E-state index contributed by atoms with van der Waals surface area (Å²) in [5, 5.41) is 25.0. The van der Waals surface area contributed by atoms with Crippen LogP contribution in [0.5, 0.6) is 0 Å². The van der Waals surface area contributed by atoms with E-state index in [-0.39, 0.29) is 12.0 Å². The van der Waals surface area contributed by atoms with Gasteiger partial charge in [-0.1, -0.05) is 6.92 Å². The quantitative estimate of drug-likeness (QED) is 0.466. The molecule has 0 spiro atoms. The Bertz CT molecular complexity index is 278. The average molecular weight is 150 g/mol. The Morgan fingerprint density at radius 2 is 2.00 bits per heavy atom. The predicted molar refractivity (Wildman–Crippen MR) is 36.2 cm³/mol. The van der Waals surface area contributed by atoms with Crippen molar-refractivity contribution in [2.24, 2.45) is 0 Å². The second-order valence-corrected chi connectivity index (χ2v) is 1.74. The maximum Gasteiger partial charge on any atom is 0.347 e. The van der Waals surface area contributed by atoms with Crippen LogP contribution in [0, 0.1) is 22.7 Å². The molecular weight excluding hydrogens is 144 g/mol. The van der Waals surface area contributed by atoms with E-state index < -0.39 is 11.5 Å². The zero-order chi connectivity index (χ0) is 8.85. The van der Waals surface area contributed by atoms with Gasteiger partial charge in [0.2, 0.25) is 0 Å². The number of hydrogen-bond donors (Lipinski definition) is 1. The van der Waals surface area contributed by atoms with Crippen LogP contribution in [0.2, 0.25) is 0 Å². The van der Waals surface area contributed by atoms with Gasteiger partial charge in [0.05, 0.1) is 11.6 Å². The van der Waals surface area contributed by atoms with Crippen LogP contribution in [-0.2, 0) is 4.79 Å². The lowest BCUT2D eigenvalue weighted by atomic mass is 10.1. The van der Waals surface area contributed by atoms with Crippen molar-refractivity contribution in [2.75, 3.05) is 0 Å². The molecule has 0 saturated carbocycles. The van der Waals surface area contributed by atoms with Crippen LogP contribution in [0.1, 0.15) is 13.3 Å². The van der Waals surface area contributed by atoms with Crippen molar-refractivity contribution < 1.29 is 9.90 Å². The molecule has 56 valence electrons. The van der Waals surface area contributed by atoms with E-state index in [1.54, 1.807) is 13.0 Å². The zero-order valence-corrected chi connectivity index (χ0v) is 5.96. The highest BCUT2D eigenvalue weighted by Gasteiger charge is 2.11. The summed E-state index contributed by atoms with van der Waals surface area (Å²) in [6.45, 7) is 1.62. The lowest BCUT2D eigenvalue weighted by molar-refractivity contribution is -0.132. The zero-order valence-electron chi connectivity index (χ0n) is 5.96. The summed E-state index contributed by atoms with van der Waals surface area (Å²) in [5.74, 6) is -1.34. The number of nitriles is 2. The highest BCUT2D eigenvalue weighted by molar-refractivity contribution is 5.92. The van der Waals surface area contributed by atoms with Crippen LogP contribution < -0.4 is 0 Å². The molecule has 0 unspecified atom stereocenters. The molecule has 0 atom stereocenters. The molecule has 0 aliphatic heterocycles. The van der Waals surface area contributed by atoms with E-state index in [2.05, 4.69) is 0 Å². The van der Waals surface area contributed by atoms with E-state index in [1.807, 2.05) is 0 Å². The Labute approximate surface area is 64.0 Å². The topological polar surface area (TPSA) is 84.9 Å². The number of allylic oxidation sites excluding steroid dienone is 1. The van der Waals surface area contributed by atoms with E-state index in [0.29, 0.717) is 0 Å². The van der Waals surface area contributed by atoms with Gasteiger partial charge >= 0.3 is 5.97 Å². The molecule has 0 aromatic heterocycles. The normalized spacial score (nSPS) is 10.8. The minimum absolute atomic E-state index is 0.0139. The molecule has 0 saturated heterocycles. The minimum atomic E-state index is -1.34. The second-order valence-electron chi connectivity index (χ2n) is 1.74. The fourth-order valence-electron chi connectivity index (χ4n) is 0.556. The summed E-state index contributed by atoms with van der Waals surface area (Å²) in [6, 6.07) is 3.12. The molecular formula is C7H6N2O2. The van der Waals surface area contributed by atoms with Gasteiger partial charge in [0, 0.05) is 0 Å². The van der Waals surface area contributed by atoms with Gasteiger partial charge in [-0.3, -0.25) is 0 Å². The molecule has 11 heavy (non-hydrogen) atoms. The van der Waals surface area contributed by atoms with Crippen molar-refractivity contribution in [3.63, 3.8) is 0 Å². The monoisotopic (exact) mass is 150 g/mol. The van der Waals surface area contributed by atoms with Crippen LogP contribution in [0.3, 0.4) is 0 Å². The number of rotatable bonds is 2. The van der Waals surface area contributed by atoms with Crippen molar-refractivity contribution in [2.45, 2.75) is 13.3 Å². The third-order valence-corrected chi connectivity index (χ3v) is 1.12. The van der Waals surface area contributed by atoms with Gasteiger partial charge in [-0.2, -0.15) is 10.5 Å². The first-order valence-corrected chi connectivity index (χ1v) is 2.94. The van der Waals surface area contributed by atoms with Crippen LogP contribution in [-0.4, -0.2) is 11.1 Å². The van der Waals surface area contributed by atoms with Crippen LogP contribution in [0.25, 0.3) is 0 Å². The van der Waals surface area contributed by atoms with Gasteiger partial charge < -0.3 is 5.11 Å². The first-order chi connectivity index (χ1) is 5.17. The van der Waals surface area contributed by atoms with E-state index >= 15 is 0 Å². The van der Waals surface area contributed by atoms with Gasteiger partial charge in [-0.25, -0.2) is 4.79 Å². The minimum Gasteiger partial charge on any atom is -0.477 e. The largest absolute Gasteiger partial charge is 0.477 e. The van der Waals surface area contributed by atoms with Gasteiger partial charge in [-0.05, 0) is 6.42 Å². The lowest BCUT2D eigenvalue weighted by Gasteiger charge is -1.91. The number of carboxylic acids is 1. The molecule has 0 amide bonds. The molecule has 0 aliphatic rings. The smallest absolute Gasteiger partial charge is 0.347 e. The van der Waals surface area contributed by atoms with Gasteiger partial charge in [0.25, 0.3) is 0 Å². The Kier molecular flexibility index (Phi) is 3.41. The molecule has 0 radical (unpaired) electrons. The molecule has 1 N–H and O–H groups in total. The van der Waals surface area contributed by atoms with Crippen LogP contribution >= 0.6 is 0 Å². The Hall–Kier alpha value is -1.81. The number of hydrogen-bond acceptors (Lipinski definition) is 3. The fraction of sp³-hybridized carbons (Fsp3) is 0.286. The first kappa shape index (κ1) is 9.19. The first-order valence-electron chi connectivity index (χ1n) is 2.94. The molecule has 0 fully saturated rings. The number of nitrogens with zero attached hydrogens (tertiary/aromatic N) is 2. The molecule has 0 aromatic carbocycles. The third kappa shape index (κ3) is 2.11. The molecule has 4 nitrogen and oxygen atoms in total. The van der Waals surface area contributed by atoms with Crippen molar-refractivity contribution in [3.05, 3.63) is 11.1 Å². The Balaban J connectivity index is 5.03. The van der Waals surface area contributed by atoms with Gasteiger partial charge in [-0.15, -0.1) is 0 Å². The van der Waals surface area contributed by atoms with Gasteiger partial charge in [0.1, 0.15) is 6.07 Å². The molecule has 0 heterocycles. The maximum atomic E-state index is 10.3. The van der Waals surface area contributed by atoms with Crippen molar-refractivity contribution >= 4 is 5.97 Å². The second kappa shape index (κ2) is 4.08. The van der Waals surface area contributed by atoms with Crippen molar-refractivity contribution in [3.8, 4) is 12.1 Å². The molecule has 4 heteroatoms. The van der Waals surface area contributed by atoms with Crippen molar-refractivity contribution in [1.82, 2.24) is 0 Å². The maximum absolute atomic E-state index is 10.3. The van der Waals surface area contributed by atoms with Crippen LogP contribution in [0.4, 0.5) is 0 Å². The fourth-order valence-corrected chi connectivity index (χ4v) is 0.556. The summed E-state index contributed by atoms with van der Waals surface area (Å²) in [6.07, 6.45) is 0.270. The highest BCUT2D eigenvalue weighted by atomic mass is 16.4. The number of aliphatic carboxylic acids is 1.